The van der Waals surface area contributed by atoms with Crippen molar-refractivity contribution in [3.05, 3.63) is 29.8 Å². The van der Waals surface area contributed by atoms with Crippen molar-refractivity contribution >= 4 is 11.7 Å². The molecule has 1 atom stereocenters. The summed E-state index contributed by atoms with van der Waals surface area (Å²) in [5, 5.41) is 3.24. The summed E-state index contributed by atoms with van der Waals surface area (Å²) in [5.41, 5.74) is 1.59. The largest absolute Gasteiger partial charge is 0.465 e. The minimum Gasteiger partial charge on any atom is -0.465 e. The first-order chi connectivity index (χ1) is 9.42. The number of ether oxygens (including phenoxy) is 1. The standard InChI is InChI=1S/C16H26N2O2/c1-6-17-16(4,15(19)20-7-2)12-18(5)14-10-8-9-13(3)11-14/h8-11,17H,6-7,12H2,1-5H3. The highest BCUT2D eigenvalue weighted by Crippen LogP contribution is 2.18. The number of nitrogens with one attached hydrogen (secondary N) is 1. The van der Waals surface area contributed by atoms with Gasteiger partial charge in [0.25, 0.3) is 0 Å². The van der Waals surface area contributed by atoms with Crippen LogP contribution in [-0.4, -0.2) is 38.3 Å². The van der Waals surface area contributed by atoms with Gasteiger partial charge in [-0.05, 0) is 45.0 Å². The lowest BCUT2D eigenvalue weighted by atomic mass is 10.0. The van der Waals surface area contributed by atoms with E-state index >= 15 is 0 Å². The van der Waals surface area contributed by atoms with E-state index in [1.54, 1.807) is 0 Å². The summed E-state index contributed by atoms with van der Waals surface area (Å²) in [7, 11) is 1.99. The predicted octanol–water partition coefficient (Wildman–Crippen LogP) is 2.36. The zero-order valence-electron chi connectivity index (χ0n) is 13.2. The molecule has 4 heteroatoms. The van der Waals surface area contributed by atoms with Gasteiger partial charge in [-0.25, -0.2) is 4.79 Å². The lowest BCUT2D eigenvalue weighted by molar-refractivity contribution is -0.150. The summed E-state index contributed by atoms with van der Waals surface area (Å²) in [6, 6.07) is 8.24. The fourth-order valence-corrected chi connectivity index (χ4v) is 2.30. The van der Waals surface area contributed by atoms with Crippen LogP contribution in [0.1, 0.15) is 26.3 Å². The number of nitrogens with zero attached hydrogens (tertiary/aromatic N) is 1. The maximum atomic E-state index is 12.2. The number of carbonyl (C=O) groups excluding carboxylic acids is 1. The number of hydrogen-bond acceptors (Lipinski definition) is 4. The Morgan fingerprint density at radius 3 is 2.65 bits per heavy atom. The molecule has 0 aromatic heterocycles. The summed E-state index contributed by atoms with van der Waals surface area (Å²) in [6.45, 7) is 9.44. The van der Waals surface area contributed by atoms with Crippen LogP contribution < -0.4 is 10.2 Å². The molecule has 0 saturated carbocycles. The van der Waals surface area contributed by atoms with Crippen LogP contribution in [0.2, 0.25) is 0 Å². The molecule has 0 saturated heterocycles. The molecular weight excluding hydrogens is 252 g/mol. The van der Waals surface area contributed by atoms with Crippen molar-refractivity contribution in [3.63, 3.8) is 0 Å². The van der Waals surface area contributed by atoms with Gasteiger partial charge in [0, 0.05) is 19.3 Å². The first kappa shape index (κ1) is 16.5. The summed E-state index contributed by atoms with van der Waals surface area (Å²) in [4.78, 5) is 14.3. The molecule has 1 N–H and O–H groups in total. The first-order valence-electron chi connectivity index (χ1n) is 7.13. The van der Waals surface area contributed by atoms with Crippen molar-refractivity contribution in [1.82, 2.24) is 5.32 Å². The maximum absolute atomic E-state index is 12.2. The third-order valence-electron chi connectivity index (χ3n) is 3.29. The van der Waals surface area contributed by atoms with Crippen molar-refractivity contribution in [2.24, 2.45) is 0 Å². The van der Waals surface area contributed by atoms with Gasteiger partial charge in [0.2, 0.25) is 0 Å². The van der Waals surface area contributed by atoms with Crippen LogP contribution in [0.15, 0.2) is 24.3 Å². The molecule has 0 spiro atoms. The van der Waals surface area contributed by atoms with Crippen LogP contribution in [0.4, 0.5) is 5.69 Å². The number of carbonyl (C=O) groups is 1. The molecule has 0 radical (unpaired) electrons. The molecule has 0 aliphatic rings. The fourth-order valence-electron chi connectivity index (χ4n) is 2.30. The van der Waals surface area contributed by atoms with E-state index < -0.39 is 5.54 Å². The number of aryl methyl sites for hydroxylation is 1. The van der Waals surface area contributed by atoms with E-state index in [1.807, 2.05) is 40.0 Å². The van der Waals surface area contributed by atoms with Gasteiger partial charge in [0.05, 0.1) is 6.61 Å². The number of esters is 1. The number of anilines is 1. The SMILES string of the molecule is CCNC(C)(CN(C)c1cccc(C)c1)C(=O)OCC. The smallest absolute Gasteiger partial charge is 0.327 e. The third kappa shape index (κ3) is 4.23. The molecule has 0 fully saturated rings. The fraction of sp³-hybridized carbons (Fsp3) is 0.562. The van der Waals surface area contributed by atoms with Gasteiger partial charge in [-0.2, -0.15) is 0 Å². The molecule has 20 heavy (non-hydrogen) atoms. The van der Waals surface area contributed by atoms with E-state index in [2.05, 4.69) is 29.3 Å². The molecule has 1 aromatic rings. The minimum atomic E-state index is -0.705. The Morgan fingerprint density at radius 2 is 2.10 bits per heavy atom. The molecule has 0 bridgehead atoms. The van der Waals surface area contributed by atoms with Gasteiger partial charge in [-0.3, -0.25) is 0 Å². The van der Waals surface area contributed by atoms with E-state index in [9.17, 15) is 4.79 Å². The van der Waals surface area contributed by atoms with Crippen LogP contribution in [0, 0.1) is 6.92 Å². The van der Waals surface area contributed by atoms with Crippen LogP contribution in [0.25, 0.3) is 0 Å². The Morgan fingerprint density at radius 1 is 1.40 bits per heavy atom. The van der Waals surface area contributed by atoms with E-state index in [0.29, 0.717) is 13.2 Å². The van der Waals surface area contributed by atoms with Crippen LogP contribution in [-0.2, 0) is 9.53 Å². The average molecular weight is 278 g/mol. The zero-order chi connectivity index (χ0) is 15.2. The van der Waals surface area contributed by atoms with Crippen molar-refractivity contribution < 1.29 is 9.53 Å². The van der Waals surface area contributed by atoms with Gasteiger partial charge in [-0.15, -0.1) is 0 Å². The van der Waals surface area contributed by atoms with E-state index in [4.69, 9.17) is 4.74 Å². The summed E-state index contributed by atoms with van der Waals surface area (Å²) < 4.78 is 5.19. The summed E-state index contributed by atoms with van der Waals surface area (Å²) in [6.07, 6.45) is 0. The molecule has 112 valence electrons. The monoisotopic (exact) mass is 278 g/mol. The summed E-state index contributed by atoms with van der Waals surface area (Å²) >= 11 is 0. The second-order valence-corrected chi connectivity index (χ2v) is 5.28. The first-order valence-corrected chi connectivity index (χ1v) is 7.13. The van der Waals surface area contributed by atoms with Crippen molar-refractivity contribution in [2.45, 2.75) is 33.2 Å². The maximum Gasteiger partial charge on any atom is 0.327 e. The Balaban J connectivity index is 2.86. The molecule has 0 aliphatic heterocycles. The van der Waals surface area contributed by atoms with E-state index in [0.717, 1.165) is 12.2 Å². The normalized spacial score (nSPS) is 13.7. The Bertz CT molecular complexity index is 448. The quantitative estimate of drug-likeness (QED) is 0.778. The molecule has 1 aromatic carbocycles. The molecule has 4 nitrogen and oxygen atoms in total. The minimum absolute atomic E-state index is 0.207. The number of benzene rings is 1. The van der Waals surface area contributed by atoms with Gasteiger partial charge < -0.3 is 15.0 Å². The van der Waals surface area contributed by atoms with Gasteiger partial charge in [0.1, 0.15) is 5.54 Å². The Labute approximate surface area is 122 Å². The van der Waals surface area contributed by atoms with Crippen LogP contribution in [0.3, 0.4) is 0 Å². The Hall–Kier alpha value is -1.55. The number of hydrogen-bond donors (Lipinski definition) is 1. The number of likely N-dealkylation sites (N-methyl/N-ethyl adjacent to an activating group) is 2. The zero-order valence-corrected chi connectivity index (χ0v) is 13.2. The molecule has 0 aliphatic carbocycles. The predicted molar refractivity (Wildman–Crippen MR) is 83.2 cm³/mol. The highest BCUT2D eigenvalue weighted by atomic mass is 16.5. The molecule has 0 heterocycles. The van der Waals surface area contributed by atoms with Crippen molar-refractivity contribution in [3.8, 4) is 0 Å². The van der Waals surface area contributed by atoms with E-state index in [-0.39, 0.29) is 5.97 Å². The second kappa shape index (κ2) is 7.29. The lowest BCUT2D eigenvalue weighted by Crippen LogP contribution is -2.57. The molecule has 1 unspecified atom stereocenters. The topological polar surface area (TPSA) is 41.6 Å². The Kier molecular flexibility index (Phi) is 6.02. The molecular formula is C16H26N2O2. The average Bonchev–Trinajstić information content (AvgIpc) is 2.39. The summed E-state index contributed by atoms with van der Waals surface area (Å²) in [5.74, 6) is -0.207. The highest BCUT2D eigenvalue weighted by molar-refractivity contribution is 5.81. The van der Waals surface area contributed by atoms with Crippen LogP contribution >= 0.6 is 0 Å². The van der Waals surface area contributed by atoms with Gasteiger partial charge in [-0.1, -0.05) is 19.1 Å². The molecule has 0 amide bonds. The molecule has 1 rings (SSSR count). The number of rotatable bonds is 7. The highest BCUT2D eigenvalue weighted by Gasteiger charge is 2.35. The van der Waals surface area contributed by atoms with Crippen molar-refractivity contribution in [2.75, 3.05) is 31.6 Å². The third-order valence-corrected chi connectivity index (χ3v) is 3.29. The van der Waals surface area contributed by atoms with Gasteiger partial charge >= 0.3 is 5.97 Å². The van der Waals surface area contributed by atoms with Crippen molar-refractivity contribution in [1.29, 1.82) is 0 Å². The van der Waals surface area contributed by atoms with Gasteiger partial charge in [0.15, 0.2) is 0 Å². The lowest BCUT2D eigenvalue weighted by Gasteiger charge is -2.33. The van der Waals surface area contributed by atoms with Crippen LogP contribution in [0.5, 0.6) is 0 Å². The second-order valence-electron chi connectivity index (χ2n) is 5.28. The van der Waals surface area contributed by atoms with E-state index in [1.165, 1.54) is 5.56 Å².